The third kappa shape index (κ3) is 2.89. The minimum absolute atomic E-state index is 0.568. The van der Waals surface area contributed by atoms with Crippen LogP contribution in [0.4, 0.5) is 0 Å². The van der Waals surface area contributed by atoms with E-state index in [2.05, 4.69) is 20.4 Å². The number of hydrogen-bond acceptors (Lipinski definition) is 5. The van der Waals surface area contributed by atoms with Gasteiger partial charge in [-0.25, -0.2) is 4.98 Å². The van der Waals surface area contributed by atoms with Crippen molar-refractivity contribution in [1.82, 2.24) is 15.3 Å². The Bertz CT molecular complexity index is 765. The molecule has 0 aliphatic carbocycles. The number of pyridine rings is 1. The molecule has 2 aromatic heterocycles. The monoisotopic (exact) mass is 312 g/mol. The normalized spacial score (nSPS) is 15.0. The number of hydrazone groups is 1. The number of aromatic amines is 1. The Balaban J connectivity index is 1.95. The lowest BCUT2D eigenvalue weighted by molar-refractivity contribution is 0.0354. The van der Waals surface area contributed by atoms with Gasteiger partial charge in [-0.2, -0.15) is 5.10 Å². The van der Waals surface area contributed by atoms with Crippen LogP contribution in [0.15, 0.2) is 35.7 Å². The van der Waals surface area contributed by atoms with Crippen LogP contribution in [-0.2, 0) is 0 Å². The first-order valence-corrected chi connectivity index (χ1v) is 7.94. The Hall–Kier alpha value is -2.12. The Kier molecular flexibility index (Phi) is 4.23. The summed E-state index contributed by atoms with van der Waals surface area (Å²) in [4.78, 5) is 7.38. The standard InChI is InChI=1S/C16H21BN4O2/c1-3-16(22,4-2)8-5-6-13-14-11-7-9-18-15(11)19-10-12(14)17(23)21-20-13/h5-7,9-10,21-23H,3-4,8H2,1-2H3,(H,18,19)/b6-5+. The molecule has 1 aliphatic heterocycles. The molecule has 3 rings (SSSR count). The van der Waals surface area contributed by atoms with Crippen LogP contribution in [0, 0.1) is 0 Å². The van der Waals surface area contributed by atoms with E-state index in [0.717, 1.165) is 22.3 Å². The predicted molar refractivity (Wildman–Crippen MR) is 92.7 cm³/mol. The molecule has 0 aromatic carbocycles. The van der Waals surface area contributed by atoms with E-state index in [1.54, 1.807) is 6.20 Å². The summed E-state index contributed by atoms with van der Waals surface area (Å²) in [5.74, 6) is 0. The van der Waals surface area contributed by atoms with Crippen molar-refractivity contribution in [2.45, 2.75) is 38.7 Å². The van der Waals surface area contributed by atoms with Crippen molar-refractivity contribution in [2.75, 3.05) is 0 Å². The van der Waals surface area contributed by atoms with E-state index in [0.29, 0.717) is 24.7 Å². The second-order valence-electron chi connectivity index (χ2n) is 5.90. The summed E-state index contributed by atoms with van der Waals surface area (Å²) in [5, 5.41) is 28.3. The Morgan fingerprint density at radius 2 is 2.13 bits per heavy atom. The largest absolute Gasteiger partial charge is 0.465 e. The third-order valence-electron chi connectivity index (χ3n) is 4.56. The highest BCUT2D eigenvalue weighted by molar-refractivity contribution is 6.66. The van der Waals surface area contributed by atoms with Crippen molar-refractivity contribution < 1.29 is 10.1 Å². The lowest BCUT2D eigenvalue weighted by Crippen LogP contribution is -2.49. The van der Waals surface area contributed by atoms with Gasteiger partial charge < -0.3 is 20.5 Å². The highest BCUT2D eigenvalue weighted by atomic mass is 16.3. The molecule has 0 saturated heterocycles. The van der Waals surface area contributed by atoms with Gasteiger partial charge in [-0.15, -0.1) is 0 Å². The summed E-state index contributed by atoms with van der Waals surface area (Å²) >= 11 is 0. The SMILES string of the molecule is CCC(O)(CC)C/C=C/C1=NNB(O)c2cnc3[nH]ccc3c21. The molecule has 7 heteroatoms. The van der Waals surface area contributed by atoms with Gasteiger partial charge in [0.1, 0.15) is 5.65 Å². The number of nitrogens with zero attached hydrogens (tertiary/aromatic N) is 2. The van der Waals surface area contributed by atoms with Crippen molar-refractivity contribution in [3.8, 4) is 0 Å². The topological polar surface area (TPSA) is 93.5 Å². The van der Waals surface area contributed by atoms with Gasteiger partial charge in [0.15, 0.2) is 0 Å². The zero-order valence-corrected chi connectivity index (χ0v) is 13.4. The molecule has 6 nitrogen and oxygen atoms in total. The summed E-state index contributed by atoms with van der Waals surface area (Å²) in [6, 6.07) is 1.93. The van der Waals surface area contributed by atoms with Crippen molar-refractivity contribution in [1.29, 1.82) is 0 Å². The van der Waals surface area contributed by atoms with Crippen molar-refractivity contribution in [3.05, 3.63) is 36.2 Å². The minimum atomic E-state index is -0.864. The molecule has 120 valence electrons. The summed E-state index contributed by atoms with van der Waals surface area (Å²) in [6.45, 7) is 3.97. The predicted octanol–water partition coefficient (Wildman–Crippen LogP) is 1.06. The molecule has 3 heterocycles. The van der Waals surface area contributed by atoms with Crippen LogP contribution < -0.4 is 10.8 Å². The molecule has 23 heavy (non-hydrogen) atoms. The van der Waals surface area contributed by atoms with E-state index in [1.165, 1.54) is 0 Å². The van der Waals surface area contributed by atoms with Crippen LogP contribution in [0.2, 0.25) is 0 Å². The number of aromatic nitrogens is 2. The Morgan fingerprint density at radius 3 is 2.87 bits per heavy atom. The number of rotatable bonds is 5. The van der Waals surface area contributed by atoms with E-state index in [9.17, 15) is 10.1 Å². The maximum absolute atomic E-state index is 10.4. The molecule has 1 aliphatic rings. The molecule has 0 unspecified atom stereocenters. The lowest BCUT2D eigenvalue weighted by Gasteiger charge is -2.23. The zero-order valence-electron chi connectivity index (χ0n) is 13.4. The van der Waals surface area contributed by atoms with Gasteiger partial charge in [0.25, 0.3) is 0 Å². The van der Waals surface area contributed by atoms with Gasteiger partial charge in [-0.1, -0.05) is 19.9 Å². The Morgan fingerprint density at radius 1 is 1.35 bits per heavy atom. The molecular weight excluding hydrogens is 291 g/mol. The quantitative estimate of drug-likeness (QED) is 0.621. The van der Waals surface area contributed by atoms with E-state index in [1.807, 2.05) is 38.3 Å². The number of nitrogens with one attached hydrogen (secondary N) is 2. The molecule has 0 fully saturated rings. The lowest BCUT2D eigenvalue weighted by atomic mass is 9.71. The summed E-state index contributed by atoms with van der Waals surface area (Å²) in [6.07, 6.45) is 9.29. The van der Waals surface area contributed by atoms with Gasteiger partial charge in [0.05, 0.1) is 11.3 Å². The van der Waals surface area contributed by atoms with Crippen molar-refractivity contribution >= 4 is 29.3 Å². The van der Waals surface area contributed by atoms with Crippen LogP contribution in [0.3, 0.4) is 0 Å². The molecule has 0 spiro atoms. The first-order valence-electron chi connectivity index (χ1n) is 7.94. The molecule has 0 radical (unpaired) electrons. The molecule has 0 atom stereocenters. The van der Waals surface area contributed by atoms with Crippen molar-refractivity contribution in [3.63, 3.8) is 0 Å². The zero-order chi connectivity index (χ0) is 16.4. The molecule has 2 aromatic rings. The second-order valence-corrected chi connectivity index (χ2v) is 5.90. The third-order valence-corrected chi connectivity index (χ3v) is 4.56. The molecule has 0 amide bonds. The summed E-state index contributed by atoms with van der Waals surface area (Å²) < 4.78 is 0. The number of aliphatic hydroxyl groups is 1. The number of H-pyrrole nitrogens is 1. The summed E-state index contributed by atoms with van der Waals surface area (Å²) in [5.41, 5.74) is 2.39. The average molecular weight is 312 g/mol. The maximum Gasteiger partial charge on any atom is 0.465 e. The first-order chi connectivity index (χ1) is 11.1. The fourth-order valence-electron chi connectivity index (χ4n) is 2.82. The number of hydrogen-bond donors (Lipinski definition) is 4. The highest BCUT2D eigenvalue weighted by Crippen LogP contribution is 2.21. The van der Waals surface area contributed by atoms with Gasteiger partial charge in [0, 0.05) is 28.8 Å². The first kappa shape index (κ1) is 15.8. The van der Waals surface area contributed by atoms with Crippen LogP contribution in [0.25, 0.3) is 11.0 Å². The highest BCUT2D eigenvalue weighted by Gasteiger charge is 2.27. The fourth-order valence-corrected chi connectivity index (χ4v) is 2.82. The van der Waals surface area contributed by atoms with Gasteiger partial charge in [0.2, 0.25) is 0 Å². The minimum Gasteiger partial charge on any atom is -0.428 e. The van der Waals surface area contributed by atoms with E-state index in [-0.39, 0.29) is 0 Å². The van der Waals surface area contributed by atoms with Crippen LogP contribution in [-0.4, -0.2) is 38.5 Å². The molecule has 4 N–H and O–H groups in total. The molecule has 0 bridgehead atoms. The smallest absolute Gasteiger partial charge is 0.428 e. The van der Waals surface area contributed by atoms with Crippen molar-refractivity contribution in [2.24, 2.45) is 5.10 Å². The van der Waals surface area contributed by atoms with Gasteiger partial charge in [-0.3, -0.25) is 0 Å². The van der Waals surface area contributed by atoms with Crippen LogP contribution in [0.5, 0.6) is 0 Å². The van der Waals surface area contributed by atoms with Crippen LogP contribution >= 0.6 is 0 Å². The fraction of sp³-hybridized carbons (Fsp3) is 0.375. The van der Waals surface area contributed by atoms with Gasteiger partial charge >= 0.3 is 7.05 Å². The number of fused-ring (bicyclic) bond motifs is 3. The maximum atomic E-state index is 10.4. The molecular formula is C16H21BN4O2. The Labute approximate surface area is 135 Å². The summed E-state index contributed by atoms with van der Waals surface area (Å²) in [7, 11) is -0.864. The van der Waals surface area contributed by atoms with E-state index >= 15 is 0 Å². The van der Waals surface area contributed by atoms with Gasteiger partial charge in [-0.05, 0) is 31.4 Å². The van der Waals surface area contributed by atoms with E-state index in [4.69, 9.17) is 0 Å². The van der Waals surface area contributed by atoms with E-state index < -0.39 is 12.7 Å². The molecule has 0 saturated carbocycles. The number of allylic oxidation sites excluding steroid dienone is 1. The second kappa shape index (κ2) is 6.18. The average Bonchev–Trinajstić information content (AvgIpc) is 3.05. The van der Waals surface area contributed by atoms with Crippen LogP contribution in [0.1, 0.15) is 38.7 Å².